The zero-order valence-electron chi connectivity index (χ0n) is 9.43. The van der Waals surface area contributed by atoms with E-state index in [2.05, 4.69) is 10.3 Å². The number of fused-ring (bicyclic) bond motifs is 1. The molecule has 0 bridgehead atoms. The lowest BCUT2D eigenvalue weighted by Gasteiger charge is -2.03. The number of nitrogens with zero attached hydrogens (tertiary/aromatic N) is 3. The molecule has 18 heavy (non-hydrogen) atoms. The van der Waals surface area contributed by atoms with Crippen molar-refractivity contribution in [1.29, 1.82) is 10.5 Å². The molecular weight excluding hydrogens is 252 g/mol. The molecule has 0 spiro atoms. The Balaban J connectivity index is 2.45. The monoisotopic (exact) mass is 260 g/mol. The van der Waals surface area contributed by atoms with Gasteiger partial charge in [0.05, 0.1) is 11.3 Å². The number of nitriles is 2. The van der Waals surface area contributed by atoms with E-state index >= 15 is 0 Å². The lowest BCUT2D eigenvalue weighted by atomic mass is 10.2. The molecule has 0 aliphatic carbocycles. The van der Waals surface area contributed by atoms with E-state index in [1.54, 1.807) is 24.6 Å². The number of benzene rings is 1. The summed E-state index contributed by atoms with van der Waals surface area (Å²) >= 11 is 1.28. The van der Waals surface area contributed by atoms with Gasteiger partial charge in [-0.15, -0.1) is 0 Å². The van der Waals surface area contributed by atoms with E-state index in [-0.39, 0.29) is 6.79 Å². The third-order valence-electron chi connectivity index (χ3n) is 2.19. The molecule has 2 rings (SSSR count). The molecule has 0 radical (unpaired) electrons. The SMILES string of the molecule is CSC(=Nc1cc2c(cc1C#N)OCO2)NC#N. The Kier molecular flexibility index (Phi) is 3.56. The highest BCUT2D eigenvalue weighted by Gasteiger charge is 2.17. The van der Waals surface area contributed by atoms with Crippen molar-refractivity contribution in [3.8, 4) is 23.8 Å². The van der Waals surface area contributed by atoms with Crippen LogP contribution in [0.25, 0.3) is 0 Å². The van der Waals surface area contributed by atoms with Crippen LogP contribution in [0.2, 0.25) is 0 Å². The van der Waals surface area contributed by atoms with Crippen molar-refractivity contribution >= 4 is 22.6 Å². The average molecular weight is 260 g/mol. The smallest absolute Gasteiger partial charge is 0.231 e. The molecule has 0 amide bonds. The normalized spacial score (nSPS) is 12.7. The molecule has 0 saturated heterocycles. The topological polar surface area (TPSA) is 90.4 Å². The molecule has 0 atom stereocenters. The summed E-state index contributed by atoms with van der Waals surface area (Å²) in [5.74, 6) is 1.08. The molecule has 0 saturated carbocycles. The highest BCUT2D eigenvalue weighted by Crippen LogP contribution is 2.38. The lowest BCUT2D eigenvalue weighted by Crippen LogP contribution is -2.12. The van der Waals surface area contributed by atoms with Crippen molar-refractivity contribution in [1.82, 2.24) is 5.32 Å². The van der Waals surface area contributed by atoms with Gasteiger partial charge in [0, 0.05) is 12.1 Å². The molecule has 90 valence electrons. The van der Waals surface area contributed by atoms with Crippen molar-refractivity contribution in [2.24, 2.45) is 4.99 Å². The fraction of sp³-hybridized carbons (Fsp3) is 0.182. The minimum Gasteiger partial charge on any atom is -0.454 e. The summed E-state index contributed by atoms with van der Waals surface area (Å²) in [5.41, 5.74) is 0.805. The molecule has 1 N–H and O–H groups in total. The van der Waals surface area contributed by atoms with Gasteiger partial charge < -0.3 is 9.47 Å². The van der Waals surface area contributed by atoms with Crippen LogP contribution in [0.5, 0.6) is 11.5 Å². The highest BCUT2D eigenvalue weighted by atomic mass is 32.2. The van der Waals surface area contributed by atoms with Gasteiger partial charge in [0.25, 0.3) is 0 Å². The van der Waals surface area contributed by atoms with Crippen LogP contribution in [0.15, 0.2) is 17.1 Å². The number of amidine groups is 1. The van der Waals surface area contributed by atoms with Crippen LogP contribution in [-0.4, -0.2) is 18.2 Å². The van der Waals surface area contributed by atoms with E-state index in [0.29, 0.717) is 27.9 Å². The number of nitrogens with one attached hydrogen (secondary N) is 1. The van der Waals surface area contributed by atoms with Crippen molar-refractivity contribution < 1.29 is 9.47 Å². The number of aliphatic imine (C=N–C) groups is 1. The molecule has 1 aliphatic heterocycles. The second-order valence-electron chi connectivity index (χ2n) is 3.19. The zero-order valence-corrected chi connectivity index (χ0v) is 10.2. The van der Waals surface area contributed by atoms with Crippen LogP contribution in [-0.2, 0) is 0 Å². The van der Waals surface area contributed by atoms with Gasteiger partial charge in [-0.05, 0) is 6.26 Å². The minimum absolute atomic E-state index is 0.138. The first-order valence-corrected chi connectivity index (χ1v) is 6.12. The second kappa shape index (κ2) is 5.30. The van der Waals surface area contributed by atoms with Gasteiger partial charge in [0.2, 0.25) is 6.79 Å². The predicted molar refractivity (Wildman–Crippen MR) is 66.6 cm³/mol. The Morgan fingerprint density at radius 3 is 2.72 bits per heavy atom. The number of hydrogen-bond acceptors (Lipinski definition) is 6. The molecule has 1 heterocycles. The molecule has 7 heteroatoms. The lowest BCUT2D eigenvalue weighted by molar-refractivity contribution is 0.174. The maximum absolute atomic E-state index is 9.06. The fourth-order valence-corrected chi connectivity index (χ4v) is 1.73. The Hall–Kier alpha value is -2.38. The predicted octanol–water partition coefficient (Wildman–Crippen LogP) is 1.71. The van der Waals surface area contributed by atoms with Crippen molar-refractivity contribution in [3.63, 3.8) is 0 Å². The van der Waals surface area contributed by atoms with E-state index in [0.717, 1.165) is 0 Å². The van der Waals surface area contributed by atoms with Crippen molar-refractivity contribution in [3.05, 3.63) is 17.7 Å². The van der Waals surface area contributed by atoms with Crippen LogP contribution in [0.3, 0.4) is 0 Å². The van der Waals surface area contributed by atoms with Gasteiger partial charge in [0.1, 0.15) is 6.07 Å². The number of rotatable bonds is 1. The molecule has 6 nitrogen and oxygen atoms in total. The zero-order chi connectivity index (χ0) is 13.0. The summed E-state index contributed by atoms with van der Waals surface area (Å²) in [5, 5.41) is 20.5. The molecule has 0 fully saturated rings. The number of hydrogen-bond donors (Lipinski definition) is 1. The van der Waals surface area contributed by atoms with Crippen molar-refractivity contribution in [2.45, 2.75) is 0 Å². The Morgan fingerprint density at radius 2 is 2.11 bits per heavy atom. The Morgan fingerprint density at radius 1 is 1.39 bits per heavy atom. The quantitative estimate of drug-likeness (QED) is 0.358. The Labute approximate surface area is 108 Å². The largest absolute Gasteiger partial charge is 0.454 e. The molecule has 1 aromatic carbocycles. The third kappa shape index (κ3) is 2.31. The second-order valence-corrected chi connectivity index (χ2v) is 3.99. The maximum Gasteiger partial charge on any atom is 0.231 e. The molecule has 1 aromatic rings. The summed E-state index contributed by atoms with van der Waals surface area (Å²) in [6, 6.07) is 5.23. The van der Waals surface area contributed by atoms with Gasteiger partial charge in [-0.25, -0.2) is 4.99 Å². The first-order valence-electron chi connectivity index (χ1n) is 4.90. The van der Waals surface area contributed by atoms with Crippen LogP contribution < -0.4 is 14.8 Å². The van der Waals surface area contributed by atoms with Crippen LogP contribution >= 0.6 is 11.8 Å². The van der Waals surface area contributed by atoms with Crippen LogP contribution in [0.1, 0.15) is 5.56 Å². The standard InChI is InChI=1S/C11H8N4O2S/c1-18-11(14-5-13)15-8-3-10-9(16-6-17-10)2-7(8)4-12/h2-3H,6H2,1H3,(H,14,15). The Bertz CT molecular complexity index is 586. The number of ether oxygens (including phenoxy) is 2. The van der Waals surface area contributed by atoms with Crippen LogP contribution in [0.4, 0.5) is 5.69 Å². The van der Waals surface area contributed by atoms with Gasteiger partial charge in [-0.2, -0.15) is 10.5 Å². The van der Waals surface area contributed by atoms with Crippen LogP contribution in [0, 0.1) is 22.8 Å². The molecule has 0 unspecified atom stereocenters. The third-order valence-corrected chi connectivity index (χ3v) is 2.77. The summed E-state index contributed by atoms with van der Waals surface area (Å²) in [4.78, 5) is 4.20. The van der Waals surface area contributed by atoms with Gasteiger partial charge in [-0.3, -0.25) is 5.32 Å². The van der Waals surface area contributed by atoms with E-state index in [9.17, 15) is 0 Å². The van der Waals surface area contributed by atoms with Gasteiger partial charge in [-0.1, -0.05) is 11.8 Å². The highest BCUT2D eigenvalue weighted by molar-refractivity contribution is 8.13. The van der Waals surface area contributed by atoms with E-state index in [1.165, 1.54) is 11.8 Å². The first-order chi connectivity index (χ1) is 8.78. The minimum atomic E-state index is 0.138. The van der Waals surface area contributed by atoms with Gasteiger partial charge >= 0.3 is 0 Å². The maximum atomic E-state index is 9.06. The van der Waals surface area contributed by atoms with E-state index < -0.39 is 0 Å². The number of thioether (sulfide) groups is 1. The summed E-state index contributed by atoms with van der Waals surface area (Å²) in [7, 11) is 0. The fourth-order valence-electron chi connectivity index (χ4n) is 1.40. The molecule has 1 aliphatic rings. The first kappa shape index (κ1) is 12.1. The molecule has 0 aromatic heterocycles. The van der Waals surface area contributed by atoms with Gasteiger partial charge in [0.15, 0.2) is 22.9 Å². The van der Waals surface area contributed by atoms with E-state index in [4.69, 9.17) is 20.0 Å². The molecular formula is C11H8N4O2S. The summed E-state index contributed by atoms with van der Waals surface area (Å²) < 4.78 is 10.4. The summed E-state index contributed by atoms with van der Waals surface area (Å²) in [6.45, 7) is 0.138. The van der Waals surface area contributed by atoms with E-state index in [1.807, 2.05) is 6.07 Å². The van der Waals surface area contributed by atoms with Crippen molar-refractivity contribution in [2.75, 3.05) is 13.0 Å². The average Bonchev–Trinajstić information content (AvgIpc) is 2.84. The summed E-state index contributed by atoms with van der Waals surface area (Å²) in [6.07, 6.45) is 3.57.